The van der Waals surface area contributed by atoms with Gasteiger partial charge in [-0.2, -0.15) is 10.2 Å². The Morgan fingerprint density at radius 1 is 0.981 bits per heavy atom. The summed E-state index contributed by atoms with van der Waals surface area (Å²) in [6.45, 7) is 13.5. The van der Waals surface area contributed by atoms with Crippen molar-refractivity contribution < 1.29 is 9.53 Å². The number of hydrogen-bond donors (Lipinski definition) is 2. The number of amides is 2. The molecule has 1 aliphatic carbocycles. The number of nitrogens with zero attached hydrogens (tertiary/aromatic N) is 10. The van der Waals surface area contributed by atoms with Crippen LogP contribution in [-0.2, 0) is 12.0 Å². The van der Waals surface area contributed by atoms with Crippen LogP contribution >= 0.6 is 0 Å². The molecule has 4 aromatic heterocycles. The standard InChI is InChI=1S/C40H54N12O2/c1-27-11-9-10-18-50(27)39-45-44-36-17-14-30(26-51(36)39)54-34-16-15-33(31-12-7-8-13-32(31)34)42-38(53)43-37-21-35(40(2,3)4)46-52(37)28-22-41-49(25-28)20-19-48-23-29(24-48)47(5)6/h7-8,12-14,17,21-22,25-27,29,33-34H,9-11,15-16,18-20,23-24H2,1-6H3,(H2,42,43,53)/t27-,33-,34+/m0/s1. The highest BCUT2D eigenvalue weighted by molar-refractivity contribution is 5.89. The molecule has 286 valence electrons. The predicted molar refractivity (Wildman–Crippen MR) is 210 cm³/mol. The number of aromatic nitrogens is 7. The lowest BCUT2D eigenvalue weighted by atomic mass is 9.85. The van der Waals surface area contributed by atoms with E-state index in [0.717, 1.165) is 98.3 Å². The van der Waals surface area contributed by atoms with Gasteiger partial charge in [0, 0.05) is 49.7 Å². The van der Waals surface area contributed by atoms with Crippen molar-refractivity contribution in [2.24, 2.45) is 0 Å². The summed E-state index contributed by atoms with van der Waals surface area (Å²) in [5, 5.41) is 24.9. The summed E-state index contributed by atoms with van der Waals surface area (Å²) in [6, 6.07) is 14.7. The summed E-state index contributed by atoms with van der Waals surface area (Å²) in [5.41, 5.74) is 4.41. The molecule has 2 aliphatic heterocycles. The Bertz CT molecular complexity index is 2090. The third-order valence-electron chi connectivity index (χ3n) is 11.3. The Balaban J connectivity index is 0.951. The van der Waals surface area contributed by atoms with Gasteiger partial charge in [0.1, 0.15) is 23.4 Å². The maximum Gasteiger partial charge on any atom is 0.320 e. The van der Waals surface area contributed by atoms with E-state index in [-0.39, 0.29) is 23.6 Å². The van der Waals surface area contributed by atoms with Gasteiger partial charge >= 0.3 is 6.03 Å². The van der Waals surface area contributed by atoms with Gasteiger partial charge < -0.3 is 19.9 Å². The zero-order valence-electron chi connectivity index (χ0n) is 32.4. The molecule has 1 aromatic carbocycles. The molecule has 0 saturated carbocycles. The molecule has 6 heterocycles. The van der Waals surface area contributed by atoms with Crippen molar-refractivity contribution in [2.45, 2.75) is 96.0 Å². The summed E-state index contributed by atoms with van der Waals surface area (Å²) in [7, 11) is 4.27. The molecule has 54 heavy (non-hydrogen) atoms. The second-order valence-corrected chi connectivity index (χ2v) is 16.5. The average molecular weight is 735 g/mol. The number of ether oxygens (including phenoxy) is 1. The Hall–Kier alpha value is -4.95. The molecule has 2 N–H and O–H groups in total. The molecule has 3 aliphatic rings. The lowest BCUT2D eigenvalue weighted by Crippen LogP contribution is -2.57. The Kier molecular flexibility index (Phi) is 9.82. The third-order valence-corrected chi connectivity index (χ3v) is 11.3. The van der Waals surface area contributed by atoms with E-state index in [9.17, 15) is 4.79 Å². The number of carbonyl (C=O) groups excluding carboxylic acids is 1. The first-order chi connectivity index (χ1) is 26.0. The van der Waals surface area contributed by atoms with E-state index in [0.29, 0.717) is 17.9 Å². The molecule has 2 amide bonds. The first kappa shape index (κ1) is 36.0. The van der Waals surface area contributed by atoms with Crippen LogP contribution in [0.15, 0.2) is 61.1 Å². The number of likely N-dealkylation sites (N-methyl/N-ethyl adjacent to an activating group) is 1. The number of urea groups is 1. The SMILES string of the molecule is C[C@H]1CCCCN1c1nnc2ccc(O[C@@H]3CC[C@H](NC(=O)Nc4cc(C(C)(C)C)nn4-c4cnn(CCN5CC(N(C)C)C5)c4)c4ccccc43)cn12. The molecule has 3 atom stereocenters. The van der Waals surface area contributed by atoms with Crippen molar-refractivity contribution in [2.75, 3.05) is 50.5 Å². The van der Waals surface area contributed by atoms with Gasteiger partial charge in [-0.1, -0.05) is 45.0 Å². The van der Waals surface area contributed by atoms with Gasteiger partial charge in [0.15, 0.2) is 5.65 Å². The van der Waals surface area contributed by atoms with E-state index in [4.69, 9.17) is 9.84 Å². The van der Waals surface area contributed by atoms with E-state index in [1.54, 1.807) is 4.68 Å². The van der Waals surface area contributed by atoms with E-state index >= 15 is 0 Å². The van der Waals surface area contributed by atoms with Crippen LogP contribution in [0.3, 0.4) is 0 Å². The fourth-order valence-corrected chi connectivity index (χ4v) is 7.93. The average Bonchev–Trinajstić information content (AvgIpc) is 3.87. The Labute approximate surface area is 317 Å². The van der Waals surface area contributed by atoms with Crippen LogP contribution in [0.4, 0.5) is 16.6 Å². The topological polar surface area (TPSA) is 126 Å². The maximum atomic E-state index is 13.7. The largest absolute Gasteiger partial charge is 0.484 e. The van der Waals surface area contributed by atoms with Gasteiger partial charge in [0.25, 0.3) is 0 Å². The molecule has 14 heteroatoms. The monoisotopic (exact) mass is 734 g/mol. The molecule has 8 rings (SSSR count). The lowest BCUT2D eigenvalue weighted by molar-refractivity contribution is 0.0601. The first-order valence-corrected chi connectivity index (χ1v) is 19.5. The van der Waals surface area contributed by atoms with Gasteiger partial charge in [-0.15, -0.1) is 10.2 Å². The van der Waals surface area contributed by atoms with Gasteiger partial charge in [0.05, 0.1) is 36.9 Å². The van der Waals surface area contributed by atoms with Gasteiger partial charge in [-0.3, -0.25) is 19.3 Å². The van der Waals surface area contributed by atoms with E-state index < -0.39 is 0 Å². The third kappa shape index (κ3) is 7.41. The number of rotatable bonds is 10. The number of benzene rings is 1. The summed E-state index contributed by atoms with van der Waals surface area (Å²) in [6.07, 6.45) is 10.7. The molecule has 14 nitrogen and oxygen atoms in total. The predicted octanol–water partition coefficient (Wildman–Crippen LogP) is 5.81. The summed E-state index contributed by atoms with van der Waals surface area (Å²) in [5.74, 6) is 2.23. The van der Waals surface area contributed by atoms with Crippen LogP contribution in [0.1, 0.15) is 88.8 Å². The minimum atomic E-state index is -0.283. The van der Waals surface area contributed by atoms with Crippen molar-refractivity contribution in [1.82, 2.24) is 49.3 Å². The Morgan fingerprint density at radius 2 is 1.80 bits per heavy atom. The first-order valence-electron chi connectivity index (χ1n) is 19.5. The second-order valence-electron chi connectivity index (χ2n) is 16.5. The number of carbonyl (C=O) groups is 1. The van der Waals surface area contributed by atoms with Gasteiger partial charge in [0.2, 0.25) is 5.95 Å². The van der Waals surface area contributed by atoms with Crippen molar-refractivity contribution >= 4 is 23.4 Å². The van der Waals surface area contributed by atoms with Crippen molar-refractivity contribution in [3.63, 3.8) is 0 Å². The summed E-state index contributed by atoms with van der Waals surface area (Å²) in [4.78, 5) is 20.8. The minimum Gasteiger partial charge on any atom is -0.484 e. The zero-order valence-corrected chi connectivity index (χ0v) is 32.4. The molecule has 0 radical (unpaired) electrons. The normalized spacial score (nSPS) is 20.9. The van der Waals surface area contributed by atoms with Crippen LogP contribution in [0.2, 0.25) is 0 Å². The van der Waals surface area contributed by atoms with Gasteiger partial charge in [-0.05, 0) is 76.4 Å². The van der Waals surface area contributed by atoms with Crippen molar-refractivity contribution in [1.29, 1.82) is 0 Å². The smallest absolute Gasteiger partial charge is 0.320 e. The summed E-state index contributed by atoms with van der Waals surface area (Å²) >= 11 is 0. The molecule has 5 aromatic rings. The highest BCUT2D eigenvalue weighted by Crippen LogP contribution is 2.39. The fourth-order valence-electron chi connectivity index (χ4n) is 7.93. The minimum absolute atomic E-state index is 0.156. The molecule has 0 unspecified atom stereocenters. The van der Waals surface area contributed by atoms with E-state index in [2.05, 4.69) is 99.0 Å². The fraction of sp³-hybridized carbons (Fsp3) is 0.525. The number of likely N-dealkylation sites (tertiary alicyclic amines) is 1. The molecule has 0 bridgehead atoms. The van der Waals surface area contributed by atoms with Gasteiger partial charge in [-0.25, -0.2) is 9.48 Å². The number of pyridine rings is 1. The number of hydrogen-bond acceptors (Lipinski definition) is 9. The zero-order chi connectivity index (χ0) is 37.6. The molecular formula is C40H54N12O2. The van der Waals surface area contributed by atoms with Crippen molar-refractivity contribution in [3.05, 3.63) is 77.9 Å². The molecule has 2 saturated heterocycles. The number of anilines is 2. The highest BCUT2D eigenvalue weighted by Gasteiger charge is 2.31. The van der Waals surface area contributed by atoms with Crippen molar-refractivity contribution in [3.8, 4) is 11.4 Å². The van der Waals surface area contributed by atoms with Crippen LogP contribution in [0.25, 0.3) is 11.3 Å². The number of nitrogens with one attached hydrogen (secondary N) is 2. The van der Waals surface area contributed by atoms with Crippen LogP contribution in [-0.4, -0.2) is 102 Å². The molecular weight excluding hydrogens is 681 g/mol. The number of piperidine rings is 1. The molecule has 2 fully saturated rings. The maximum absolute atomic E-state index is 13.7. The van der Waals surface area contributed by atoms with Crippen LogP contribution < -0.4 is 20.3 Å². The summed E-state index contributed by atoms with van der Waals surface area (Å²) < 4.78 is 12.5. The number of fused-ring (bicyclic) bond motifs is 2. The lowest BCUT2D eigenvalue weighted by Gasteiger charge is -2.42. The second kappa shape index (κ2) is 14.7. The van der Waals surface area contributed by atoms with E-state index in [1.165, 1.54) is 6.42 Å². The van der Waals surface area contributed by atoms with Crippen LogP contribution in [0.5, 0.6) is 5.75 Å². The van der Waals surface area contributed by atoms with Crippen LogP contribution in [0, 0.1) is 0 Å². The highest BCUT2D eigenvalue weighted by atomic mass is 16.5. The van der Waals surface area contributed by atoms with E-state index in [1.807, 2.05) is 53.6 Å². The Morgan fingerprint density at radius 3 is 2.57 bits per heavy atom. The quantitative estimate of drug-likeness (QED) is 0.183. The molecule has 0 spiro atoms.